The fourth-order valence-corrected chi connectivity index (χ4v) is 1.04. The van der Waals surface area contributed by atoms with Crippen LogP contribution in [0.3, 0.4) is 0 Å². The van der Waals surface area contributed by atoms with Crippen molar-refractivity contribution in [1.82, 2.24) is 0 Å². The summed E-state index contributed by atoms with van der Waals surface area (Å²) in [4.78, 5) is 0. The maximum Gasteiger partial charge on any atom is 0.0781 e. The maximum absolute atomic E-state index is 7.55. The van der Waals surface area contributed by atoms with E-state index in [1.165, 1.54) is 0 Å². The van der Waals surface area contributed by atoms with E-state index in [1.807, 2.05) is 13.8 Å². The van der Waals surface area contributed by atoms with Crippen LogP contribution >= 0.6 is 0 Å². The van der Waals surface area contributed by atoms with Gasteiger partial charge in [0.2, 0.25) is 0 Å². The fraction of sp³-hybridized carbons (Fsp3) is 1.00. The molecule has 0 saturated carbocycles. The van der Waals surface area contributed by atoms with Gasteiger partial charge in [-0.3, -0.25) is 0 Å². The molecular weight excluding hydrogens is 206 g/mol. The zero-order valence-electron chi connectivity index (χ0n) is 11.9. The summed E-state index contributed by atoms with van der Waals surface area (Å²) in [6, 6.07) is -0.289. The van der Waals surface area contributed by atoms with Crippen LogP contribution in [0.15, 0.2) is 0 Å². The van der Waals surface area contributed by atoms with Gasteiger partial charge in [-0.15, -0.1) is 0 Å². The predicted octanol–water partition coefficient (Wildman–Crippen LogP) is 1.57. The van der Waals surface area contributed by atoms with E-state index in [-0.39, 0.29) is 18.2 Å². The Hall–Kier alpha value is -0.160. The van der Waals surface area contributed by atoms with Crippen LogP contribution in [0.5, 0.6) is 0 Å². The molecule has 4 nitrogen and oxygen atoms in total. The molecule has 0 aromatic heterocycles. The van der Waals surface area contributed by atoms with Crippen molar-refractivity contribution in [1.29, 1.82) is 0 Å². The second kappa shape index (κ2) is 10.0. The van der Waals surface area contributed by atoms with Gasteiger partial charge in [-0.05, 0) is 27.2 Å². The van der Waals surface area contributed by atoms with Crippen molar-refractivity contribution in [3.8, 4) is 0 Å². The van der Waals surface area contributed by atoms with E-state index >= 15 is 0 Å². The quantitative estimate of drug-likeness (QED) is 0.583. The van der Waals surface area contributed by atoms with Crippen LogP contribution < -0.4 is 5.73 Å². The third kappa shape index (κ3) is 10.4. The summed E-state index contributed by atoms with van der Waals surface area (Å²) in [5.41, 5.74) is 5.55. The molecule has 0 bridgehead atoms. The first kappa shape index (κ1) is 13.9. The lowest BCUT2D eigenvalue weighted by Gasteiger charge is -2.18. The van der Waals surface area contributed by atoms with Crippen LogP contribution in [0.2, 0.25) is 0 Å². The van der Waals surface area contributed by atoms with Gasteiger partial charge in [0.15, 0.2) is 0 Å². The Morgan fingerprint density at radius 3 is 2.31 bits per heavy atom. The minimum Gasteiger partial charge on any atom is -0.379 e. The molecule has 0 fully saturated rings. The van der Waals surface area contributed by atoms with Gasteiger partial charge < -0.3 is 19.9 Å². The molecule has 0 rings (SSSR count). The third-order valence-electron chi connectivity index (χ3n) is 1.84. The highest BCUT2D eigenvalue weighted by atomic mass is 16.6. The van der Waals surface area contributed by atoms with E-state index in [0.717, 1.165) is 13.0 Å². The second-order valence-corrected chi connectivity index (χ2v) is 4.16. The molecule has 0 aliphatic heterocycles. The molecule has 0 radical (unpaired) electrons. The van der Waals surface area contributed by atoms with Crippen LogP contribution in [-0.4, -0.2) is 44.7 Å². The smallest absolute Gasteiger partial charge is 0.0781 e. The number of hydrogen-bond acceptors (Lipinski definition) is 4. The van der Waals surface area contributed by atoms with Crippen LogP contribution in [0.25, 0.3) is 0 Å². The van der Waals surface area contributed by atoms with Crippen molar-refractivity contribution in [2.24, 2.45) is 5.73 Å². The molecule has 0 aliphatic carbocycles. The lowest BCUT2D eigenvalue weighted by molar-refractivity contribution is -0.0582. The first-order chi connectivity index (χ1) is 7.97. The Labute approximate surface area is 101 Å². The molecule has 16 heavy (non-hydrogen) atoms. The molecule has 0 aliphatic rings. The van der Waals surface area contributed by atoms with Crippen LogP contribution in [-0.2, 0) is 14.2 Å². The lowest BCUT2D eigenvalue weighted by Crippen LogP contribution is -2.28. The summed E-state index contributed by atoms with van der Waals surface area (Å²) in [6.07, 6.45) is 0.936. The maximum atomic E-state index is 7.55. The number of rotatable bonds is 10. The van der Waals surface area contributed by atoms with E-state index < -0.39 is 6.58 Å². The van der Waals surface area contributed by atoms with E-state index in [2.05, 4.69) is 6.92 Å². The van der Waals surface area contributed by atoms with E-state index in [4.69, 9.17) is 21.3 Å². The van der Waals surface area contributed by atoms with Gasteiger partial charge in [-0.25, -0.2) is 0 Å². The summed E-state index contributed by atoms with van der Waals surface area (Å²) in [6.45, 7) is 8.79. The van der Waals surface area contributed by atoms with Gasteiger partial charge in [0.05, 0.1) is 33.4 Å². The Bertz CT molecular complexity index is 181. The third-order valence-corrected chi connectivity index (χ3v) is 1.84. The normalized spacial score (nSPS) is 19.9. The van der Waals surface area contributed by atoms with Crippen molar-refractivity contribution < 1.29 is 15.6 Å². The second-order valence-electron chi connectivity index (χ2n) is 4.16. The fourth-order valence-electron chi connectivity index (χ4n) is 1.04. The van der Waals surface area contributed by atoms with E-state index in [1.54, 1.807) is 6.92 Å². The van der Waals surface area contributed by atoms with Crippen LogP contribution in [0, 0.1) is 0 Å². The molecule has 4 atom stereocenters. The highest BCUT2D eigenvalue weighted by Crippen LogP contribution is 1.98. The molecule has 98 valence electrons. The van der Waals surface area contributed by atoms with Crippen LogP contribution in [0.4, 0.5) is 0 Å². The molecule has 0 saturated heterocycles. The Morgan fingerprint density at radius 1 is 1.12 bits per heavy atom. The summed E-state index contributed by atoms with van der Waals surface area (Å²) < 4.78 is 23.8. The zero-order chi connectivity index (χ0) is 13.3. The monoisotopic (exact) mass is 234 g/mol. The van der Waals surface area contributed by atoms with Gasteiger partial charge in [0.1, 0.15) is 0 Å². The van der Waals surface area contributed by atoms with Crippen molar-refractivity contribution in [3.05, 3.63) is 0 Å². The molecule has 0 amide bonds. The number of nitrogens with two attached hydrogens (primary N) is 1. The largest absolute Gasteiger partial charge is 0.379 e. The van der Waals surface area contributed by atoms with E-state index in [0.29, 0.717) is 13.2 Å². The number of ether oxygens (including phenoxy) is 3. The minimum atomic E-state index is -0.694. The molecule has 0 aromatic carbocycles. The van der Waals surface area contributed by atoms with Gasteiger partial charge in [-0.2, -0.15) is 0 Å². The average Bonchev–Trinajstić information content (AvgIpc) is 2.26. The standard InChI is InChI=1S/C12H27NO3/c1-5-6-14-8-11(3)16-9-12(4)15-7-10(2)13/h10-12H,5-9,13H2,1-4H3/i7D. The van der Waals surface area contributed by atoms with Gasteiger partial charge in [0.25, 0.3) is 0 Å². The van der Waals surface area contributed by atoms with Crippen molar-refractivity contribution in [2.45, 2.75) is 52.4 Å². The Morgan fingerprint density at radius 2 is 1.75 bits per heavy atom. The van der Waals surface area contributed by atoms with Crippen molar-refractivity contribution in [2.75, 3.05) is 26.4 Å². The molecule has 0 heterocycles. The topological polar surface area (TPSA) is 53.7 Å². The van der Waals surface area contributed by atoms with Crippen molar-refractivity contribution >= 4 is 0 Å². The summed E-state index contributed by atoms with van der Waals surface area (Å²) in [5.74, 6) is 0. The Kier molecular flexibility index (Phi) is 8.71. The average molecular weight is 234 g/mol. The molecule has 2 N–H and O–H groups in total. The molecule has 4 unspecified atom stereocenters. The molecule has 4 heteroatoms. The van der Waals surface area contributed by atoms with E-state index in [9.17, 15) is 0 Å². The molecular formula is C12H27NO3. The first-order valence-electron chi connectivity index (χ1n) is 6.57. The summed E-state index contributed by atoms with van der Waals surface area (Å²) in [7, 11) is 0. The highest BCUT2D eigenvalue weighted by molar-refractivity contribution is 4.55. The SMILES string of the molecule is [2H]C(OC(C)COC(C)COCCC)C(C)N. The van der Waals surface area contributed by atoms with Gasteiger partial charge in [0, 0.05) is 12.6 Å². The summed E-state index contributed by atoms with van der Waals surface area (Å²) >= 11 is 0. The van der Waals surface area contributed by atoms with Gasteiger partial charge >= 0.3 is 0 Å². The zero-order valence-corrected chi connectivity index (χ0v) is 10.9. The first-order valence-corrected chi connectivity index (χ1v) is 6.00. The highest BCUT2D eigenvalue weighted by Gasteiger charge is 2.07. The van der Waals surface area contributed by atoms with Crippen molar-refractivity contribution in [3.63, 3.8) is 0 Å². The predicted molar refractivity (Wildman–Crippen MR) is 65.6 cm³/mol. The molecule has 0 spiro atoms. The minimum absolute atomic E-state index is 0.0482. The van der Waals surface area contributed by atoms with Gasteiger partial charge in [-0.1, -0.05) is 6.92 Å². The van der Waals surface area contributed by atoms with Crippen LogP contribution in [0.1, 0.15) is 35.5 Å². The molecule has 0 aromatic rings. The Balaban J connectivity index is 3.58. The number of hydrogen-bond donors (Lipinski definition) is 1. The lowest BCUT2D eigenvalue weighted by atomic mass is 10.3. The summed E-state index contributed by atoms with van der Waals surface area (Å²) in [5, 5.41) is 0.